The van der Waals surface area contributed by atoms with Gasteiger partial charge in [0.1, 0.15) is 6.73 Å². The SMILES string of the molecule is FCCCCOCn1c(Br)nc(Cl)c1Cl. The van der Waals surface area contributed by atoms with Gasteiger partial charge in [0.25, 0.3) is 0 Å². The summed E-state index contributed by atoms with van der Waals surface area (Å²) in [6.45, 7) is 0.429. The fourth-order valence-corrected chi connectivity index (χ4v) is 1.96. The summed E-state index contributed by atoms with van der Waals surface area (Å²) in [5.74, 6) is 0. The Morgan fingerprint density at radius 3 is 2.67 bits per heavy atom. The Balaban J connectivity index is 2.37. The van der Waals surface area contributed by atoms with Crippen LogP contribution in [0, 0.1) is 0 Å². The van der Waals surface area contributed by atoms with Crippen LogP contribution < -0.4 is 0 Å². The van der Waals surface area contributed by atoms with E-state index in [-0.39, 0.29) is 18.6 Å². The van der Waals surface area contributed by atoms with Gasteiger partial charge in [-0.25, -0.2) is 4.98 Å². The molecular formula is C8H10BrCl2FN2O. The highest BCUT2D eigenvalue weighted by Crippen LogP contribution is 2.25. The molecule has 7 heteroatoms. The molecule has 0 spiro atoms. The Morgan fingerprint density at radius 2 is 2.13 bits per heavy atom. The minimum atomic E-state index is -0.315. The van der Waals surface area contributed by atoms with Gasteiger partial charge in [0.2, 0.25) is 0 Å². The van der Waals surface area contributed by atoms with Crippen molar-refractivity contribution in [3.8, 4) is 0 Å². The molecule has 1 heterocycles. The molecule has 0 atom stereocenters. The van der Waals surface area contributed by atoms with E-state index in [4.69, 9.17) is 27.9 Å². The first-order valence-electron chi connectivity index (χ1n) is 4.37. The Labute approximate surface area is 106 Å². The molecule has 86 valence electrons. The van der Waals surface area contributed by atoms with Gasteiger partial charge in [0, 0.05) is 6.61 Å². The summed E-state index contributed by atoms with van der Waals surface area (Å²) >= 11 is 14.7. The Bertz CT molecular complexity index is 322. The molecule has 15 heavy (non-hydrogen) atoms. The Morgan fingerprint density at radius 1 is 1.40 bits per heavy atom. The van der Waals surface area contributed by atoms with E-state index in [0.29, 0.717) is 29.3 Å². The molecule has 3 nitrogen and oxygen atoms in total. The molecule has 1 aromatic heterocycles. The summed E-state index contributed by atoms with van der Waals surface area (Å²) in [5, 5.41) is 0.560. The summed E-state index contributed by atoms with van der Waals surface area (Å²) in [6, 6.07) is 0. The number of halogens is 4. The van der Waals surface area contributed by atoms with Crippen LogP contribution in [0.15, 0.2) is 4.73 Å². The van der Waals surface area contributed by atoms with E-state index in [0.717, 1.165) is 0 Å². The van der Waals surface area contributed by atoms with E-state index < -0.39 is 0 Å². The van der Waals surface area contributed by atoms with Crippen LogP contribution in [0.2, 0.25) is 10.3 Å². The first-order chi connectivity index (χ1) is 7.16. The molecule has 0 unspecified atom stereocenters. The molecule has 0 aromatic carbocycles. The largest absolute Gasteiger partial charge is 0.361 e. The van der Waals surface area contributed by atoms with Crippen molar-refractivity contribution < 1.29 is 9.13 Å². The maximum atomic E-state index is 11.8. The quantitative estimate of drug-likeness (QED) is 0.748. The van der Waals surface area contributed by atoms with Gasteiger partial charge in [0.05, 0.1) is 6.67 Å². The maximum absolute atomic E-state index is 11.8. The summed E-state index contributed by atoms with van der Waals surface area (Å²) < 4.78 is 19.1. The van der Waals surface area contributed by atoms with Crippen LogP contribution >= 0.6 is 39.1 Å². The van der Waals surface area contributed by atoms with Crippen LogP contribution in [0.4, 0.5) is 4.39 Å². The van der Waals surface area contributed by atoms with E-state index in [9.17, 15) is 4.39 Å². The summed E-state index contributed by atoms with van der Waals surface area (Å²) in [6.07, 6.45) is 1.20. The molecule has 0 aliphatic rings. The van der Waals surface area contributed by atoms with Crippen molar-refractivity contribution in [2.45, 2.75) is 19.6 Å². The second-order valence-electron chi connectivity index (χ2n) is 2.82. The number of nitrogens with zero attached hydrogens (tertiary/aromatic N) is 2. The molecule has 0 fully saturated rings. The zero-order chi connectivity index (χ0) is 11.3. The second kappa shape index (κ2) is 6.68. The van der Waals surface area contributed by atoms with Gasteiger partial charge in [-0.15, -0.1) is 0 Å². The van der Waals surface area contributed by atoms with Crippen LogP contribution in [0.1, 0.15) is 12.8 Å². The third-order valence-electron chi connectivity index (χ3n) is 1.71. The minimum absolute atomic E-state index is 0.232. The summed E-state index contributed by atoms with van der Waals surface area (Å²) in [4.78, 5) is 3.90. The molecule has 0 aliphatic heterocycles. The minimum Gasteiger partial charge on any atom is -0.361 e. The predicted octanol–water partition coefficient (Wildman–Crippen LogP) is 3.68. The zero-order valence-corrected chi connectivity index (χ0v) is 10.9. The predicted molar refractivity (Wildman–Crippen MR) is 61.1 cm³/mol. The van der Waals surface area contributed by atoms with E-state index in [1.165, 1.54) is 0 Å². The number of hydrogen-bond donors (Lipinski definition) is 0. The normalized spacial score (nSPS) is 10.9. The van der Waals surface area contributed by atoms with Gasteiger partial charge in [0.15, 0.2) is 15.0 Å². The molecule has 0 radical (unpaired) electrons. The molecular weight excluding hydrogens is 310 g/mol. The lowest BCUT2D eigenvalue weighted by Crippen LogP contribution is -2.04. The van der Waals surface area contributed by atoms with Crippen LogP contribution in [0.5, 0.6) is 0 Å². The zero-order valence-electron chi connectivity index (χ0n) is 7.85. The number of unbranched alkanes of at least 4 members (excludes halogenated alkanes) is 1. The number of rotatable bonds is 6. The van der Waals surface area contributed by atoms with Crippen LogP contribution in [0.25, 0.3) is 0 Å². The first kappa shape index (κ1) is 13.2. The van der Waals surface area contributed by atoms with Gasteiger partial charge < -0.3 is 4.74 Å². The van der Waals surface area contributed by atoms with Crippen molar-refractivity contribution in [3.05, 3.63) is 15.0 Å². The average molecular weight is 320 g/mol. The van der Waals surface area contributed by atoms with Gasteiger partial charge in [-0.2, -0.15) is 0 Å². The van der Waals surface area contributed by atoms with E-state index in [2.05, 4.69) is 20.9 Å². The Hall–Kier alpha value is 0.160. The van der Waals surface area contributed by atoms with Crippen molar-refractivity contribution >= 4 is 39.1 Å². The lowest BCUT2D eigenvalue weighted by atomic mass is 10.3. The standard InChI is InChI=1S/C8H10BrCl2FN2O/c9-8-13-6(10)7(11)14(8)5-15-4-2-1-3-12/h1-5H2. The van der Waals surface area contributed by atoms with Crippen LogP contribution in [-0.4, -0.2) is 22.8 Å². The maximum Gasteiger partial charge on any atom is 0.181 e. The van der Waals surface area contributed by atoms with Crippen molar-refractivity contribution in [2.75, 3.05) is 13.3 Å². The number of hydrogen-bond acceptors (Lipinski definition) is 2. The highest BCUT2D eigenvalue weighted by atomic mass is 79.9. The summed E-state index contributed by atoms with van der Waals surface area (Å²) in [7, 11) is 0. The van der Waals surface area contributed by atoms with Crippen molar-refractivity contribution in [1.82, 2.24) is 9.55 Å². The molecule has 0 amide bonds. The molecule has 0 saturated carbocycles. The fourth-order valence-electron chi connectivity index (χ4n) is 0.944. The van der Waals surface area contributed by atoms with Crippen molar-refractivity contribution in [2.24, 2.45) is 0 Å². The number of alkyl halides is 1. The van der Waals surface area contributed by atoms with Crippen molar-refractivity contribution in [3.63, 3.8) is 0 Å². The monoisotopic (exact) mass is 318 g/mol. The topological polar surface area (TPSA) is 27.1 Å². The lowest BCUT2D eigenvalue weighted by molar-refractivity contribution is 0.0719. The molecule has 1 aromatic rings. The van der Waals surface area contributed by atoms with Gasteiger partial charge >= 0.3 is 0 Å². The average Bonchev–Trinajstić information content (AvgIpc) is 2.44. The Kier molecular flexibility index (Phi) is 5.89. The smallest absolute Gasteiger partial charge is 0.181 e. The third kappa shape index (κ3) is 3.90. The van der Waals surface area contributed by atoms with E-state index >= 15 is 0 Å². The van der Waals surface area contributed by atoms with E-state index in [1.54, 1.807) is 4.57 Å². The molecule has 0 aliphatic carbocycles. The highest BCUT2D eigenvalue weighted by Gasteiger charge is 2.11. The second-order valence-corrected chi connectivity index (χ2v) is 4.25. The first-order valence-corrected chi connectivity index (χ1v) is 5.92. The molecule has 1 rings (SSSR count). The summed E-state index contributed by atoms with van der Waals surface area (Å²) in [5.41, 5.74) is 0. The van der Waals surface area contributed by atoms with Gasteiger partial charge in [-0.05, 0) is 28.8 Å². The number of aromatic nitrogens is 2. The van der Waals surface area contributed by atoms with Gasteiger partial charge in [-0.3, -0.25) is 8.96 Å². The highest BCUT2D eigenvalue weighted by molar-refractivity contribution is 9.10. The van der Waals surface area contributed by atoms with E-state index in [1.807, 2.05) is 0 Å². The molecule has 0 bridgehead atoms. The fraction of sp³-hybridized carbons (Fsp3) is 0.625. The third-order valence-corrected chi connectivity index (χ3v) is 3.06. The van der Waals surface area contributed by atoms with Crippen molar-refractivity contribution in [1.29, 1.82) is 0 Å². The lowest BCUT2D eigenvalue weighted by Gasteiger charge is -2.06. The number of imidazole rings is 1. The van der Waals surface area contributed by atoms with Gasteiger partial charge in [-0.1, -0.05) is 23.2 Å². The van der Waals surface area contributed by atoms with Crippen LogP contribution in [-0.2, 0) is 11.5 Å². The molecule has 0 saturated heterocycles. The van der Waals surface area contributed by atoms with Crippen LogP contribution in [0.3, 0.4) is 0 Å². The number of ether oxygens (including phenoxy) is 1. The molecule has 0 N–H and O–H groups in total.